The molecule has 0 N–H and O–H groups in total. The number of benzene rings is 1. The Morgan fingerprint density at radius 1 is 1.46 bits per heavy atom. The van der Waals surface area contributed by atoms with Crippen molar-refractivity contribution in [3.05, 3.63) is 34.6 Å². The molecule has 0 saturated carbocycles. The first-order valence-corrected chi connectivity index (χ1v) is 5.58. The normalized spacial score (nSPS) is 10.8. The maximum Gasteiger partial charge on any atom is 0.128 e. The van der Waals surface area contributed by atoms with Crippen molar-refractivity contribution < 1.29 is 4.39 Å². The van der Waals surface area contributed by atoms with Crippen LogP contribution in [0.1, 0.15) is 19.4 Å². The third-order valence-electron chi connectivity index (χ3n) is 1.62. The van der Waals surface area contributed by atoms with Gasteiger partial charge in [0.1, 0.15) is 5.82 Å². The van der Waals surface area contributed by atoms with Gasteiger partial charge in [-0.05, 0) is 17.4 Å². The molecule has 0 amide bonds. The fraction of sp³-hybridized carbons (Fsp3) is 0.400. The molecule has 3 heteroatoms. The van der Waals surface area contributed by atoms with Crippen molar-refractivity contribution in [2.75, 3.05) is 0 Å². The van der Waals surface area contributed by atoms with Crippen LogP contribution >= 0.6 is 23.4 Å². The molecule has 0 nitrogen and oxygen atoms in total. The van der Waals surface area contributed by atoms with Gasteiger partial charge in [0.25, 0.3) is 0 Å². The zero-order chi connectivity index (χ0) is 9.84. The summed E-state index contributed by atoms with van der Waals surface area (Å²) in [4.78, 5) is 0. The zero-order valence-electron chi connectivity index (χ0n) is 7.68. The minimum atomic E-state index is -0.208. The molecule has 0 aromatic heterocycles. The van der Waals surface area contributed by atoms with Gasteiger partial charge in [-0.3, -0.25) is 0 Å². The Bertz CT molecular complexity index is 266. The summed E-state index contributed by atoms with van der Waals surface area (Å²) in [5.41, 5.74) is 0.614. The second kappa shape index (κ2) is 4.87. The van der Waals surface area contributed by atoms with Gasteiger partial charge in [-0.1, -0.05) is 31.5 Å². The van der Waals surface area contributed by atoms with E-state index in [9.17, 15) is 4.39 Å². The highest BCUT2D eigenvalue weighted by Crippen LogP contribution is 2.25. The minimum Gasteiger partial charge on any atom is -0.207 e. The topological polar surface area (TPSA) is 0 Å². The summed E-state index contributed by atoms with van der Waals surface area (Å²) in [5.74, 6) is 0.434. The van der Waals surface area contributed by atoms with Gasteiger partial charge in [0, 0.05) is 16.3 Å². The predicted octanol–water partition coefficient (Wildman–Crippen LogP) is 4.12. The lowest BCUT2D eigenvalue weighted by Gasteiger charge is -2.07. The summed E-state index contributed by atoms with van der Waals surface area (Å²) in [6, 6.07) is 4.80. The summed E-state index contributed by atoms with van der Waals surface area (Å²) in [5, 5.41) is 1.02. The van der Waals surface area contributed by atoms with Gasteiger partial charge in [0.05, 0.1) is 0 Å². The molecule has 0 aliphatic carbocycles. The van der Waals surface area contributed by atoms with Crippen LogP contribution in [-0.2, 0) is 5.75 Å². The first kappa shape index (κ1) is 10.9. The molecule has 1 aromatic carbocycles. The standard InChI is InChI=1S/C10H12ClFS/c1-7(2)13-6-8-9(11)4-3-5-10(8)12/h3-5,7H,6H2,1-2H3. The lowest BCUT2D eigenvalue weighted by molar-refractivity contribution is 0.617. The second-order valence-corrected chi connectivity index (χ2v) is 5.03. The van der Waals surface area contributed by atoms with E-state index in [0.29, 0.717) is 21.6 Å². The third-order valence-corrected chi connectivity index (χ3v) is 3.10. The Kier molecular flexibility index (Phi) is 4.07. The quantitative estimate of drug-likeness (QED) is 0.736. The fourth-order valence-electron chi connectivity index (χ4n) is 0.920. The van der Waals surface area contributed by atoms with E-state index < -0.39 is 0 Å². The van der Waals surface area contributed by atoms with Crippen LogP contribution in [0.25, 0.3) is 0 Å². The van der Waals surface area contributed by atoms with Gasteiger partial charge < -0.3 is 0 Å². The van der Waals surface area contributed by atoms with Gasteiger partial charge >= 0.3 is 0 Å². The van der Waals surface area contributed by atoms with E-state index in [2.05, 4.69) is 13.8 Å². The first-order chi connectivity index (χ1) is 6.11. The maximum absolute atomic E-state index is 13.2. The van der Waals surface area contributed by atoms with E-state index in [-0.39, 0.29) is 5.82 Å². The van der Waals surface area contributed by atoms with Crippen LogP contribution in [-0.4, -0.2) is 5.25 Å². The molecule has 1 aromatic rings. The lowest BCUT2D eigenvalue weighted by atomic mass is 10.2. The fourth-order valence-corrected chi connectivity index (χ4v) is 2.02. The van der Waals surface area contributed by atoms with Crippen LogP contribution in [0.4, 0.5) is 4.39 Å². The van der Waals surface area contributed by atoms with Gasteiger partial charge in [-0.15, -0.1) is 0 Å². The van der Waals surface area contributed by atoms with Crippen LogP contribution < -0.4 is 0 Å². The number of thioether (sulfide) groups is 1. The highest BCUT2D eigenvalue weighted by atomic mass is 35.5. The van der Waals surface area contributed by atoms with Gasteiger partial charge in [-0.2, -0.15) is 11.8 Å². The van der Waals surface area contributed by atoms with E-state index in [4.69, 9.17) is 11.6 Å². The summed E-state index contributed by atoms with van der Waals surface area (Å²) in [7, 11) is 0. The monoisotopic (exact) mass is 218 g/mol. The van der Waals surface area contributed by atoms with E-state index in [1.54, 1.807) is 23.9 Å². The molecule has 72 valence electrons. The van der Waals surface area contributed by atoms with Crippen molar-refractivity contribution in [3.8, 4) is 0 Å². The van der Waals surface area contributed by atoms with Crippen molar-refractivity contribution in [1.82, 2.24) is 0 Å². The van der Waals surface area contributed by atoms with Gasteiger partial charge in [-0.25, -0.2) is 4.39 Å². The summed E-state index contributed by atoms with van der Waals surface area (Å²) < 4.78 is 13.2. The number of rotatable bonds is 3. The largest absolute Gasteiger partial charge is 0.207 e. The van der Waals surface area contributed by atoms with Crippen LogP contribution in [0.5, 0.6) is 0 Å². The summed E-state index contributed by atoms with van der Waals surface area (Å²) >= 11 is 7.55. The average molecular weight is 219 g/mol. The number of hydrogen-bond acceptors (Lipinski definition) is 1. The Hall–Kier alpha value is -0.210. The molecule has 13 heavy (non-hydrogen) atoms. The van der Waals surface area contributed by atoms with E-state index in [0.717, 1.165) is 0 Å². The first-order valence-electron chi connectivity index (χ1n) is 4.15. The van der Waals surface area contributed by atoms with Gasteiger partial charge in [0.2, 0.25) is 0 Å². The second-order valence-electron chi connectivity index (χ2n) is 3.06. The molecular weight excluding hydrogens is 207 g/mol. The number of hydrogen-bond donors (Lipinski definition) is 0. The SMILES string of the molecule is CC(C)SCc1c(F)cccc1Cl. The smallest absolute Gasteiger partial charge is 0.128 e. The van der Waals surface area contributed by atoms with Crippen LogP contribution in [0.15, 0.2) is 18.2 Å². The molecule has 0 spiro atoms. The molecule has 0 unspecified atom stereocenters. The van der Waals surface area contributed by atoms with Crippen LogP contribution in [0.2, 0.25) is 5.02 Å². The predicted molar refractivity (Wildman–Crippen MR) is 57.8 cm³/mol. The summed E-state index contributed by atoms with van der Waals surface area (Å²) in [6.45, 7) is 4.17. The highest BCUT2D eigenvalue weighted by Gasteiger charge is 2.07. The Morgan fingerprint density at radius 3 is 2.69 bits per heavy atom. The minimum absolute atomic E-state index is 0.208. The molecule has 0 saturated heterocycles. The number of halogens is 2. The Morgan fingerprint density at radius 2 is 2.15 bits per heavy atom. The van der Waals surface area contributed by atoms with Crippen LogP contribution in [0.3, 0.4) is 0 Å². The molecule has 0 aliphatic heterocycles. The van der Waals surface area contributed by atoms with E-state index in [1.807, 2.05) is 0 Å². The highest BCUT2D eigenvalue weighted by molar-refractivity contribution is 7.99. The average Bonchev–Trinajstić information content (AvgIpc) is 2.03. The van der Waals surface area contributed by atoms with Crippen LogP contribution in [0, 0.1) is 5.82 Å². The zero-order valence-corrected chi connectivity index (χ0v) is 9.25. The lowest BCUT2D eigenvalue weighted by Crippen LogP contribution is -1.93. The van der Waals surface area contributed by atoms with Crippen molar-refractivity contribution in [1.29, 1.82) is 0 Å². The Labute approximate surface area is 87.5 Å². The molecule has 0 atom stereocenters. The molecule has 0 fully saturated rings. The van der Waals surface area contributed by atoms with Crippen molar-refractivity contribution >= 4 is 23.4 Å². The molecule has 0 aliphatic rings. The molecule has 0 heterocycles. The molecule has 0 bridgehead atoms. The molecule has 0 radical (unpaired) electrons. The van der Waals surface area contributed by atoms with Crippen molar-refractivity contribution in [2.24, 2.45) is 0 Å². The van der Waals surface area contributed by atoms with E-state index in [1.165, 1.54) is 6.07 Å². The summed E-state index contributed by atoms with van der Waals surface area (Å²) in [6.07, 6.45) is 0. The van der Waals surface area contributed by atoms with Crippen molar-refractivity contribution in [2.45, 2.75) is 24.9 Å². The Balaban J connectivity index is 2.75. The van der Waals surface area contributed by atoms with Crippen molar-refractivity contribution in [3.63, 3.8) is 0 Å². The third kappa shape index (κ3) is 3.20. The van der Waals surface area contributed by atoms with E-state index >= 15 is 0 Å². The molecular formula is C10H12ClFS. The molecule has 1 rings (SSSR count). The maximum atomic E-state index is 13.2. The van der Waals surface area contributed by atoms with Gasteiger partial charge in [0.15, 0.2) is 0 Å².